The van der Waals surface area contributed by atoms with Crippen LogP contribution in [0.5, 0.6) is 0 Å². The van der Waals surface area contributed by atoms with Crippen LogP contribution in [-0.4, -0.2) is 11.3 Å². The van der Waals surface area contributed by atoms with Crippen LogP contribution in [0.4, 0.5) is 0 Å². The molecule has 2 aromatic heterocycles. The zero-order chi connectivity index (χ0) is 8.39. The van der Waals surface area contributed by atoms with Crippen LogP contribution in [0.1, 0.15) is 10.6 Å². The Labute approximate surface area is 72.7 Å². The SMILES string of the molecule is O=Cc1occc1-c1nccs1. The molecule has 3 nitrogen and oxygen atoms in total. The van der Waals surface area contributed by atoms with Crippen LogP contribution in [-0.2, 0) is 0 Å². The Kier molecular flexibility index (Phi) is 1.75. The molecular weight excluding hydrogens is 174 g/mol. The van der Waals surface area contributed by atoms with E-state index in [-0.39, 0.29) is 0 Å². The summed E-state index contributed by atoms with van der Waals surface area (Å²) in [5.74, 6) is 0.338. The van der Waals surface area contributed by atoms with Crippen molar-refractivity contribution >= 4 is 17.6 Å². The van der Waals surface area contributed by atoms with Gasteiger partial charge in [0, 0.05) is 11.6 Å². The van der Waals surface area contributed by atoms with Gasteiger partial charge in [0.25, 0.3) is 0 Å². The highest BCUT2D eigenvalue weighted by molar-refractivity contribution is 7.13. The number of hydrogen-bond acceptors (Lipinski definition) is 4. The van der Waals surface area contributed by atoms with Crippen LogP contribution >= 0.6 is 11.3 Å². The predicted molar refractivity (Wildman–Crippen MR) is 45.2 cm³/mol. The topological polar surface area (TPSA) is 43.1 Å². The highest BCUT2D eigenvalue weighted by atomic mass is 32.1. The summed E-state index contributed by atoms with van der Waals surface area (Å²) in [6.45, 7) is 0. The molecule has 0 aliphatic carbocycles. The van der Waals surface area contributed by atoms with Crippen LogP contribution in [0, 0.1) is 0 Å². The first-order valence-corrected chi connectivity index (χ1v) is 4.22. The quantitative estimate of drug-likeness (QED) is 0.664. The Morgan fingerprint density at radius 2 is 2.50 bits per heavy atom. The van der Waals surface area contributed by atoms with Crippen LogP contribution in [0.2, 0.25) is 0 Å². The second-order valence-corrected chi connectivity index (χ2v) is 3.05. The molecule has 0 unspecified atom stereocenters. The lowest BCUT2D eigenvalue weighted by atomic mass is 10.3. The molecule has 0 aliphatic rings. The van der Waals surface area contributed by atoms with E-state index in [0.717, 1.165) is 10.6 Å². The third-order valence-electron chi connectivity index (χ3n) is 1.46. The molecule has 2 heterocycles. The van der Waals surface area contributed by atoms with E-state index >= 15 is 0 Å². The number of furan rings is 1. The van der Waals surface area contributed by atoms with Crippen molar-refractivity contribution in [2.24, 2.45) is 0 Å². The molecule has 4 heteroatoms. The van der Waals surface area contributed by atoms with Crippen molar-refractivity contribution in [3.05, 3.63) is 29.7 Å². The second-order valence-electron chi connectivity index (χ2n) is 2.15. The van der Waals surface area contributed by atoms with Gasteiger partial charge in [0.15, 0.2) is 12.0 Å². The molecule has 2 aromatic rings. The van der Waals surface area contributed by atoms with Crippen molar-refractivity contribution in [3.63, 3.8) is 0 Å². The zero-order valence-electron chi connectivity index (χ0n) is 6.06. The van der Waals surface area contributed by atoms with Gasteiger partial charge in [-0.2, -0.15) is 0 Å². The van der Waals surface area contributed by atoms with E-state index in [1.165, 1.54) is 17.6 Å². The number of aromatic nitrogens is 1. The number of carbonyl (C=O) groups is 1. The van der Waals surface area contributed by atoms with Crippen molar-refractivity contribution in [2.75, 3.05) is 0 Å². The molecular formula is C8H5NO2S. The summed E-state index contributed by atoms with van der Waals surface area (Å²) in [5, 5.41) is 2.67. The summed E-state index contributed by atoms with van der Waals surface area (Å²) in [6.07, 6.45) is 3.87. The van der Waals surface area contributed by atoms with Gasteiger partial charge in [-0.3, -0.25) is 4.79 Å². The minimum Gasteiger partial charge on any atom is -0.461 e. The third-order valence-corrected chi connectivity index (χ3v) is 2.27. The van der Waals surface area contributed by atoms with Crippen molar-refractivity contribution in [2.45, 2.75) is 0 Å². The number of hydrogen-bond donors (Lipinski definition) is 0. The molecule has 0 fully saturated rings. The number of aldehydes is 1. The van der Waals surface area contributed by atoms with Gasteiger partial charge in [-0.1, -0.05) is 0 Å². The fourth-order valence-electron chi connectivity index (χ4n) is 0.945. The first kappa shape index (κ1) is 7.24. The molecule has 60 valence electrons. The summed E-state index contributed by atoms with van der Waals surface area (Å²) in [5.41, 5.74) is 0.764. The minimum absolute atomic E-state index is 0.338. The van der Waals surface area contributed by atoms with Gasteiger partial charge in [0.05, 0.1) is 11.8 Å². The van der Waals surface area contributed by atoms with Crippen LogP contribution in [0.25, 0.3) is 10.6 Å². The van der Waals surface area contributed by atoms with Crippen molar-refractivity contribution in [1.29, 1.82) is 0 Å². The van der Waals surface area contributed by atoms with E-state index < -0.39 is 0 Å². The predicted octanol–water partition coefficient (Wildman–Crippen LogP) is 2.22. The molecule has 2 rings (SSSR count). The summed E-state index contributed by atoms with van der Waals surface area (Å²) in [4.78, 5) is 14.5. The lowest BCUT2D eigenvalue weighted by Gasteiger charge is -1.88. The lowest BCUT2D eigenvalue weighted by Crippen LogP contribution is -1.78. The fourth-order valence-corrected chi connectivity index (χ4v) is 1.61. The largest absolute Gasteiger partial charge is 0.461 e. The standard InChI is InChI=1S/C8H5NO2S/c10-5-7-6(1-3-11-7)8-9-2-4-12-8/h1-5H. The number of nitrogens with zero attached hydrogens (tertiary/aromatic N) is 1. The van der Waals surface area contributed by atoms with Gasteiger partial charge in [0.1, 0.15) is 5.01 Å². The maximum atomic E-state index is 10.5. The van der Waals surface area contributed by atoms with Crippen molar-refractivity contribution < 1.29 is 9.21 Å². The molecule has 0 saturated carbocycles. The second kappa shape index (κ2) is 2.91. The van der Waals surface area contributed by atoms with Gasteiger partial charge in [-0.25, -0.2) is 4.98 Å². The van der Waals surface area contributed by atoms with Crippen LogP contribution in [0.3, 0.4) is 0 Å². The van der Waals surface area contributed by atoms with Crippen molar-refractivity contribution in [3.8, 4) is 10.6 Å². The molecule has 0 N–H and O–H groups in total. The molecule has 0 amide bonds. The number of carbonyl (C=O) groups excluding carboxylic acids is 1. The van der Waals surface area contributed by atoms with Gasteiger partial charge in [-0.05, 0) is 6.07 Å². The molecule has 0 spiro atoms. The lowest BCUT2D eigenvalue weighted by molar-refractivity contribution is 0.110. The Morgan fingerprint density at radius 3 is 3.17 bits per heavy atom. The molecule has 0 aromatic carbocycles. The Balaban J connectivity index is 2.53. The first-order chi connectivity index (χ1) is 5.92. The van der Waals surface area contributed by atoms with E-state index in [1.807, 2.05) is 5.38 Å². The number of rotatable bonds is 2. The molecule has 12 heavy (non-hydrogen) atoms. The maximum absolute atomic E-state index is 10.5. The first-order valence-electron chi connectivity index (χ1n) is 3.34. The molecule has 0 radical (unpaired) electrons. The Hall–Kier alpha value is -1.42. The molecule has 0 bridgehead atoms. The molecule has 0 atom stereocenters. The van der Waals surface area contributed by atoms with Gasteiger partial charge in [-0.15, -0.1) is 11.3 Å². The fraction of sp³-hybridized carbons (Fsp3) is 0. The van der Waals surface area contributed by atoms with Crippen LogP contribution < -0.4 is 0 Å². The van der Waals surface area contributed by atoms with E-state index in [1.54, 1.807) is 12.3 Å². The Bertz CT molecular complexity index is 377. The van der Waals surface area contributed by atoms with Crippen molar-refractivity contribution in [1.82, 2.24) is 4.98 Å². The number of thiazole rings is 1. The average Bonchev–Trinajstić information content (AvgIpc) is 2.74. The molecule has 0 aliphatic heterocycles. The highest BCUT2D eigenvalue weighted by Crippen LogP contribution is 2.25. The average molecular weight is 179 g/mol. The maximum Gasteiger partial charge on any atom is 0.186 e. The monoisotopic (exact) mass is 179 g/mol. The summed E-state index contributed by atoms with van der Waals surface area (Å²) in [6, 6.07) is 1.74. The zero-order valence-corrected chi connectivity index (χ0v) is 6.88. The normalized spacial score (nSPS) is 10.0. The van der Waals surface area contributed by atoms with E-state index in [4.69, 9.17) is 4.42 Å². The van der Waals surface area contributed by atoms with Gasteiger partial charge >= 0.3 is 0 Å². The Morgan fingerprint density at radius 1 is 1.58 bits per heavy atom. The molecule has 0 saturated heterocycles. The van der Waals surface area contributed by atoms with E-state index in [0.29, 0.717) is 12.0 Å². The minimum atomic E-state index is 0.338. The summed E-state index contributed by atoms with van der Waals surface area (Å²) >= 11 is 1.48. The van der Waals surface area contributed by atoms with E-state index in [2.05, 4.69) is 4.98 Å². The van der Waals surface area contributed by atoms with E-state index in [9.17, 15) is 4.79 Å². The smallest absolute Gasteiger partial charge is 0.186 e. The van der Waals surface area contributed by atoms with Gasteiger partial charge < -0.3 is 4.42 Å². The summed E-state index contributed by atoms with van der Waals surface area (Å²) in [7, 11) is 0. The van der Waals surface area contributed by atoms with Gasteiger partial charge in [0.2, 0.25) is 0 Å². The third kappa shape index (κ3) is 1.06. The highest BCUT2D eigenvalue weighted by Gasteiger charge is 2.08. The summed E-state index contributed by atoms with van der Waals surface area (Å²) < 4.78 is 4.94. The van der Waals surface area contributed by atoms with Crippen LogP contribution in [0.15, 0.2) is 28.3 Å².